The number of rotatable bonds is 10. The molecule has 1 unspecified atom stereocenters. The van der Waals surface area contributed by atoms with E-state index < -0.39 is 28.7 Å². The third-order valence-corrected chi connectivity index (χ3v) is 10.5. The van der Waals surface area contributed by atoms with Gasteiger partial charge in [-0.25, -0.2) is 23.6 Å². The van der Waals surface area contributed by atoms with Crippen molar-refractivity contribution in [3.63, 3.8) is 0 Å². The number of quaternary nitrogens is 1. The summed E-state index contributed by atoms with van der Waals surface area (Å²) in [7, 11) is 1.93. The van der Waals surface area contributed by atoms with Crippen molar-refractivity contribution in [2.24, 2.45) is 4.99 Å². The minimum absolute atomic E-state index is 0.0161. The van der Waals surface area contributed by atoms with Crippen LogP contribution >= 0.6 is 0 Å². The fraction of sp³-hybridized carbons (Fsp3) is 0.368. The Balaban J connectivity index is 1.07. The van der Waals surface area contributed by atoms with Gasteiger partial charge in [0.25, 0.3) is 5.56 Å². The highest BCUT2D eigenvalue weighted by Crippen LogP contribution is 2.36. The summed E-state index contributed by atoms with van der Waals surface area (Å²) in [4.78, 5) is 40.0. The lowest BCUT2D eigenvalue weighted by Crippen LogP contribution is -3.11. The van der Waals surface area contributed by atoms with Gasteiger partial charge in [-0.15, -0.1) is 0 Å². The average molecular weight is 712 g/mol. The molecule has 2 saturated carbocycles. The van der Waals surface area contributed by atoms with E-state index >= 15 is 0 Å². The molecule has 1 atom stereocenters. The molecule has 4 aliphatic rings. The minimum Gasteiger partial charge on any atom is -0.508 e. The third kappa shape index (κ3) is 6.82. The molecule has 2 aromatic carbocycles. The van der Waals surface area contributed by atoms with E-state index in [1.807, 2.05) is 42.4 Å². The highest BCUT2D eigenvalue weighted by Gasteiger charge is 2.41. The van der Waals surface area contributed by atoms with Crippen LogP contribution in [0, 0.1) is 5.82 Å². The highest BCUT2D eigenvalue weighted by molar-refractivity contribution is 5.88. The zero-order valence-corrected chi connectivity index (χ0v) is 28.8. The van der Waals surface area contributed by atoms with Crippen LogP contribution in [-0.4, -0.2) is 78.6 Å². The molecule has 8 rings (SSSR count). The average Bonchev–Trinajstić information content (AvgIpc) is 3.70. The summed E-state index contributed by atoms with van der Waals surface area (Å²) >= 11 is 0. The highest BCUT2D eigenvalue weighted by atomic mass is 19.2. The maximum Gasteiger partial charge on any atom is 0.337 e. The van der Waals surface area contributed by atoms with Gasteiger partial charge in [-0.05, 0) is 92.6 Å². The molecule has 0 saturated heterocycles. The van der Waals surface area contributed by atoms with E-state index in [9.17, 15) is 28.7 Å². The Morgan fingerprint density at radius 3 is 2.69 bits per heavy atom. The summed E-state index contributed by atoms with van der Waals surface area (Å²) in [6, 6.07) is 13.3. The second-order valence-electron chi connectivity index (χ2n) is 14.5. The van der Waals surface area contributed by atoms with Gasteiger partial charge in [0.2, 0.25) is 5.84 Å². The quantitative estimate of drug-likeness (QED) is 0.185. The maximum absolute atomic E-state index is 14.6. The predicted molar refractivity (Wildman–Crippen MR) is 192 cm³/mol. The number of nitrogens with one attached hydrogen (secondary N) is 2. The molecule has 4 heterocycles. The van der Waals surface area contributed by atoms with Gasteiger partial charge in [0, 0.05) is 44.0 Å². The number of pyridine rings is 1. The van der Waals surface area contributed by atoms with Crippen LogP contribution in [0.4, 0.5) is 8.87 Å². The van der Waals surface area contributed by atoms with Crippen molar-refractivity contribution in [3.8, 4) is 22.6 Å². The van der Waals surface area contributed by atoms with Crippen LogP contribution in [0.1, 0.15) is 50.1 Å². The number of halogens is 2. The van der Waals surface area contributed by atoms with Crippen molar-refractivity contribution < 1.29 is 24.0 Å². The van der Waals surface area contributed by atoms with Gasteiger partial charge in [0.1, 0.15) is 23.5 Å². The van der Waals surface area contributed by atoms with Crippen molar-refractivity contribution in [1.29, 1.82) is 0 Å². The van der Waals surface area contributed by atoms with Gasteiger partial charge in [0.05, 0.1) is 22.9 Å². The number of fused-ring (bicyclic) bond motifs is 2. The van der Waals surface area contributed by atoms with Crippen molar-refractivity contribution in [1.82, 2.24) is 29.5 Å². The van der Waals surface area contributed by atoms with E-state index in [0.717, 1.165) is 58.2 Å². The number of hydrogen-bond donors (Lipinski definition) is 4. The van der Waals surface area contributed by atoms with Crippen molar-refractivity contribution in [3.05, 3.63) is 111 Å². The van der Waals surface area contributed by atoms with Gasteiger partial charge in [0.15, 0.2) is 12.3 Å². The monoisotopic (exact) mass is 711 g/mol. The number of phenols is 1. The zero-order valence-electron chi connectivity index (χ0n) is 28.8. The molecular formula is C38H41F2N8O4+. The Labute approximate surface area is 298 Å². The molecule has 0 amide bonds. The first-order valence-corrected chi connectivity index (χ1v) is 17.7. The SMILES string of the molecule is CN(Cc1cc(O)ccc1-c1cccc(-n2c(=O)n(C3CCC(NCC4=C[NH+]5CN(F)C=CC5=N4)CC3)c(=O)c3cc(F)cnc32)c1)CC1(O)CC1. The molecule has 0 spiro atoms. The summed E-state index contributed by atoms with van der Waals surface area (Å²) in [5.74, 6) is 0.222. The third-order valence-electron chi connectivity index (χ3n) is 10.5. The van der Waals surface area contributed by atoms with Crippen LogP contribution < -0.4 is 21.5 Å². The molecule has 2 aromatic heterocycles. The number of aromatic nitrogens is 3. The van der Waals surface area contributed by atoms with Crippen LogP contribution in [0.2, 0.25) is 0 Å². The van der Waals surface area contributed by atoms with Crippen molar-refractivity contribution in [2.75, 3.05) is 26.8 Å². The Morgan fingerprint density at radius 1 is 1.10 bits per heavy atom. The van der Waals surface area contributed by atoms with E-state index in [-0.39, 0.29) is 29.5 Å². The lowest BCUT2D eigenvalue weighted by atomic mass is 9.91. The molecule has 52 heavy (non-hydrogen) atoms. The number of aromatic hydroxyl groups is 1. The Hall–Kier alpha value is -5.02. The van der Waals surface area contributed by atoms with E-state index in [1.165, 1.54) is 15.3 Å². The van der Waals surface area contributed by atoms with E-state index in [0.29, 0.717) is 56.1 Å². The molecule has 270 valence electrons. The Kier molecular flexibility index (Phi) is 8.86. The summed E-state index contributed by atoms with van der Waals surface area (Å²) in [6.07, 6.45) is 10.0. The zero-order chi connectivity index (χ0) is 36.1. The molecule has 2 aliphatic heterocycles. The number of likely N-dealkylation sites (N-methyl/N-ethyl adjacent to an activating group) is 1. The Morgan fingerprint density at radius 2 is 1.90 bits per heavy atom. The second kappa shape index (κ2) is 13.5. The number of aliphatic imine (C=N–C) groups is 1. The van der Waals surface area contributed by atoms with Crippen molar-refractivity contribution >= 4 is 16.9 Å². The number of aliphatic hydroxyl groups is 1. The van der Waals surface area contributed by atoms with Crippen LogP contribution in [0.15, 0.2) is 93.5 Å². The number of amidine groups is 1. The van der Waals surface area contributed by atoms with Crippen molar-refractivity contribution in [2.45, 2.75) is 62.8 Å². The van der Waals surface area contributed by atoms with Gasteiger partial charge in [-0.1, -0.05) is 22.7 Å². The first-order valence-electron chi connectivity index (χ1n) is 17.7. The molecular weight excluding hydrogens is 670 g/mol. The van der Waals surface area contributed by atoms with E-state index in [4.69, 9.17) is 0 Å². The minimum atomic E-state index is -0.672. The van der Waals surface area contributed by atoms with Gasteiger partial charge >= 0.3 is 5.69 Å². The summed E-state index contributed by atoms with van der Waals surface area (Å²) < 4.78 is 30.9. The lowest BCUT2D eigenvalue weighted by molar-refractivity contribution is -0.763. The fourth-order valence-corrected chi connectivity index (χ4v) is 7.74. The Bertz CT molecular complexity index is 2250. The maximum atomic E-state index is 14.6. The predicted octanol–water partition coefficient (Wildman–Crippen LogP) is 2.90. The molecule has 2 fully saturated rings. The fourth-order valence-electron chi connectivity index (χ4n) is 7.74. The molecule has 12 nitrogen and oxygen atoms in total. The van der Waals surface area contributed by atoms with Crippen LogP contribution in [0.3, 0.4) is 0 Å². The molecule has 4 aromatic rings. The normalized spacial score (nSPS) is 22.1. The summed E-state index contributed by atoms with van der Waals surface area (Å²) in [6.45, 7) is 1.68. The number of phenolic OH excluding ortho intramolecular Hbond substituents is 1. The molecule has 4 N–H and O–H groups in total. The second-order valence-corrected chi connectivity index (χ2v) is 14.5. The van der Waals surface area contributed by atoms with Crippen LogP contribution in [0.5, 0.6) is 5.75 Å². The largest absolute Gasteiger partial charge is 0.508 e. The molecule has 2 aliphatic carbocycles. The van der Waals surface area contributed by atoms with Gasteiger partial charge in [-0.2, -0.15) is 10.1 Å². The molecule has 14 heteroatoms. The van der Waals surface area contributed by atoms with Crippen LogP contribution in [0.25, 0.3) is 27.8 Å². The summed E-state index contributed by atoms with van der Waals surface area (Å²) in [5, 5.41) is 25.0. The number of nitrogens with zero attached hydrogens (tertiary/aromatic N) is 6. The standard InChI is InChI=1S/C38H40F2N8O4/c1-44(22-38(52)12-13-38)20-25-16-31(49)9-10-32(25)24-3-2-4-30(15-24)47-35-33(17-26(39)18-42-35)36(50)48(37(47)51)29-7-5-27(6-8-29)41-19-28-21-45-23-46(40)14-11-34(45)43-28/h2-4,9-11,14-18,21,27,29,41,49,52H,5-8,12-13,19-20,22-23H2,1H3/p+1. The molecule has 0 radical (unpaired) electrons. The van der Waals surface area contributed by atoms with E-state index in [1.54, 1.807) is 24.3 Å². The number of benzene rings is 2. The first-order chi connectivity index (χ1) is 25.0. The number of hydrogen-bond acceptors (Lipinski definition) is 9. The molecule has 0 bridgehead atoms. The lowest BCUT2D eigenvalue weighted by Gasteiger charge is -2.30. The topological polar surface area (TPSA) is 133 Å². The van der Waals surface area contributed by atoms with Gasteiger partial charge in [-0.3, -0.25) is 14.3 Å². The smallest absolute Gasteiger partial charge is 0.337 e. The van der Waals surface area contributed by atoms with Crippen LogP contribution in [-0.2, 0) is 6.54 Å². The first kappa shape index (κ1) is 34.1. The van der Waals surface area contributed by atoms with E-state index in [2.05, 4.69) is 15.3 Å². The van der Waals surface area contributed by atoms with Gasteiger partial charge < -0.3 is 15.5 Å². The summed E-state index contributed by atoms with van der Waals surface area (Å²) in [5.41, 5.74) is 2.03.